The Kier molecular flexibility index (Phi) is 8.34. The van der Waals surface area contributed by atoms with Gasteiger partial charge in [0.05, 0.1) is 13.0 Å². The van der Waals surface area contributed by atoms with Crippen molar-refractivity contribution in [1.29, 1.82) is 0 Å². The Morgan fingerprint density at radius 1 is 1.03 bits per heavy atom. The number of ether oxygens (including phenoxy) is 1. The van der Waals surface area contributed by atoms with Crippen LogP contribution in [0.1, 0.15) is 37.9 Å². The second-order valence-electron chi connectivity index (χ2n) is 7.04. The van der Waals surface area contributed by atoms with Gasteiger partial charge in [0.2, 0.25) is 5.95 Å². The molecule has 0 atom stereocenters. The van der Waals surface area contributed by atoms with Gasteiger partial charge < -0.3 is 15.0 Å². The van der Waals surface area contributed by atoms with Crippen LogP contribution in [-0.4, -0.2) is 34.1 Å². The van der Waals surface area contributed by atoms with E-state index in [1.807, 2.05) is 31.2 Å². The largest absolute Gasteiger partial charge is 0.466 e. The van der Waals surface area contributed by atoms with Gasteiger partial charge in [0, 0.05) is 43.3 Å². The number of esters is 1. The van der Waals surface area contributed by atoms with Gasteiger partial charge in [0.25, 0.3) is 0 Å². The summed E-state index contributed by atoms with van der Waals surface area (Å²) in [5.41, 5.74) is 3.02. The first-order chi connectivity index (χ1) is 15.2. The molecule has 7 nitrogen and oxygen atoms in total. The summed E-state index contributed by atoms with van der Waals surface area (Å²) < 4.78 is 5.01. The standard InChI is InChI=1S/C24H29N5O2/c1-3-17-29(24-26-16-14-20(28-24)10-13-23(30)31-4-2)21-11-8-19(9-12-21)18-27-22-7-5-6-15-25-22/h5-9,11-12,14-16H,3-4,10,13,17-18H2,1-2H3,(H,25,27). The molecule has 3 aromatic rings. The third kappa shape index (κ3) is 6.77. The number of carbonyl (C=O) groups is 1. The van der Waals surface area contributed by atoms with Crippen LogP contribution in [-0.2, 0) is 22.5 Å². The number of hydrogen-bond donors (Lipinski definition) is 1. The first kappa shape index (κ1) is 22.2. The fraction of sp³-hybridized carbons (Fsp3) is 0.333. The van der Waals surface area contributed by atoms with Crippen LogP contribution >= 0.6 is 0 Å². The monoisotopic (exact) mass is 419 g/mol. The number of hydrogen-bond acceptors (Lipinski definition) is 7. The molecule has 2 heterocycles. The molecule has 7 heteroatoms. The normalized spacial score (nSPS) is 10.5. The van der Waals surface area contributed by atoms with Gasteiger partial charge in [0.1, 0.15) is 5.82 Å². The molecule has 0 fully saturated rings. The maximum atomic E-state index is 11.6. The number of benzene rings is 1. The zero-order valence-corrected chi connectivity index (χ0v) is 18.1. The summed E-state index contributed by atoms with van der Waals surface area (Å²) in [6, 6.07) is 16.0. The molecule has 1 N–H and O–H groups in total. The number of aromatic nitrogens is 3. The Morgan fingerprint density at radius 3 is 2.58 bits per heavy atom. The lowest BCUT2D eigenvalue weighted by atomic mass is 10.2. The molecule has 0 amide bonds. The topological polar surface area (TPSA) is 80.2 Å². The summed E-state index contributed by atoms with van der Waals surface area (Å²) in [4.78, 5) is 27.2. The van der Waals surface area contributed by atoms with Crippen LogP contribution in [0.3, 0.4) is 0 Å². The number of aryl methyl sites for hydroxylation is 1. The van der Waals surface area contributed by atoms with E-state index >= 15 is 0 Å². The van der Waals surface area contributed by atoms with E-state index in [-0.39, 0.29) is 5.97 Å². The van der Waals surface area contributed by atoms with Crippen LogP contribution in [0.25, 0.3) is 0 Å². The Morgan fingerprint density at radius 2 is 1.87 bits per heavy atom. The Labute approximate surface area is 183 Å². The molecule has 2 aromatic heterocycles. The van der Waals surface area contributed by atoms with Crippen molar-refractivity contribution in [1.82, 2.24) is 15.0 Å². The van der Waals surface area contributed by atoms with E-state index in [0.717, 1.165) is 35.7 Å². The quantitative estimate of drug-likeness (QED) is 0.457. The number of anilines is 3. The van der Waals surface area contributed by atoms with E-state index in [2.05, 4.69) is 56.4 Å². The van der Waals surface area contributed by atoms with Gasteiger partial charge in [-0.2, -0.15) is 0 Å². The molecule has 31 heavy (non-hydrogen) atoms. The highest BCUT2D eigenvalue weighted by molar-refractivity contribution is 5.69. The van der Waals surface area contributed by atoms with Gasteiger partial charge in [-0.1, -0.05) is 25.1 Å². The highest BCUT2D eigenvalue weighted by Gasteiger charge is 2.13. The highest BCUT2D eigenvalue weighted by Crippen LogP contribution is 2.23. The van der Waals surface area contributed by atoms with Gasteiger partial charge in [0.15, 0.2) is 0 Å². The van der Waals surface area contributed by atoms with E-state index in [4.69, 9.17) is 4.74 Å². The third-order valence-electron chi connectivity index (χ3n) is 4.67. The molecule has 162 valence electrons. The van der Waals surface area contributed by atoms with Crippen LogP contribution in [0.15, 0.2) is 60.9 Å². The molecule has 0 unspecified atom stereocenters. The van der Waals surface area contributed by atoms with Gasteiger partial charge in [-0.3, -0.25) is 4.79 Å². The molecule has 1 aromatic carbocycles. The molecule has 0 bridgehead atoms. The van der Waals surface area contributed by atoms with Crippen molar-refractivity contribution in [3.05, 3.63) is 72.2 Å². The fourth-order valence-corrected chi connectivity index (χ4v) is 3.14. The summed E-state index contributed by atoms with van der Waals surface area (Å²) in [5.74, 6) is 1.29. The fourth-order valence-electron chi connectivity index (χ4n) is 3.14. The first-order valence-electron chi connectivity index (χ1n) is 10.7. The lowest BCUT2D eigenvalue weighted by molar-refractivity contribution is -0.143. The molecular weight excluding hydrogens is 390 g/mol. The molecule has 0 aliphatic carbocycles. The lowest BCUT2D eigenvalue weighted by Gasteiger charge is -2.23. The SMILES string of the molecule is CCCN(c1ccc(CNc2ccccn2)cc1)c1nccc(CCC(=O)OCC)n1. The zero-order chi connectivity index (χ0) is 21.9. The summed E-state index contributed by atoms with van der Waals surface area (Å²) >= 11 is 0. The molecular formula is C24H29N5O2. The lowest BCUT2D eigenvalue weighted by Crippen LogP contribution is -2.21. The molecule has 0 radical (unpaired) electrons. The van der Waals surface area contributed by atoms with Gasteiger partial charge in [-0.25, -0.2) is 15.0 Å². The summed E-state index contributed by atoms with van der Waals surface area (Å²) in [6.45, 7) is 5.83. The number of nitrogens with one attached hydrogen (secondary N) is 1. The van der Waals surface area contributed by atoms with Gasteiger partial charge in [-0.15, -0.1) is 0 Å². The average molecular weight is 420 g/mol. The Bertz CT molecular complexity index is 948. The molecule has 0 saturated heterocycles. The maximum absolute atomic E-state index is 11.6. The van der Waals surface area contributed by atoms with Crippen LogP contribution < -0.4 is 10.2 Å². The smallest absolute Gasteiger partial charge is 0.306 e. The number of pyridine rings is 1. The zero-order valence-electron chi connectivity index (χ0n) is 18.1. The first-order valence-corrected chi connectivity index (χ1v) is 10.7. The van der Waals surface area contributed by atoms with Crippen LogP contribution in [0, 0.1) is 0 Å². The number of carbonyl (C=O) groups excluding carboxylic acids is 1. The minimum absolute atomic E-state index is 0.206. The average Bonchev–Trinajstić information content (AvgIpc) is 2.81. The number of nitrogens with zero attached hydrogens (tertiary/aromatic N) is 4. The molecule has 0 aliphatic heterocycles. The maximum Gasteiger partial charge on any atom is 0.306 e. The van der Waals surface area contributed by atoms with Crippen molar-refractivity contribution >= 4 is 23.4 Å². The molecule has 0 spiro atoms. The molecule has 3 rings (SSSR count). The van der Waals surface area contributed by atoms with E-state index < -0.39 is 0 Å². The summed E-state index contributed by atoms with van der Waals surface area (Å²) in [5, 5.41) is 3.32. The summed E-state index contributed by atoms with van der Waals surface area (Å²) in [6.07, 6.45) is 5.33. The predicted octanol–water partition coefficient (Wildman–Crippen LogP) is 4.53. The summed E-state index contributed by atoms with van der Waals surface area (Å²) in [7, 11) is 0. The minimum Gasteiger partial charge on any atom is -0.466 e. The van der Waals surface area contributed by atoms with Crippen molar-refractivity contribution in [2.24, 2.45) is 0 Å². The van der Waals surface area contributed by atoms with E-state index in [1.165, 1.54) is 0 Å². The number of rotatable bonds is 11. The Balaban J connectivity index is 1.68. The second-order valence-corrected chi connectivity index (χ2v) is 7.04. The van der Waals surface area contributed by atoms with Crippen molar-refractivity contribution in [2.45, 2.75) is 39.7 Å². The van der Waals surface area contributed by atoms with Crippen LogP contribution in [0.2, 0.25) is 0 Å². The second kappa shape index (κ2) is 11.6. The van der Waals surface area contributed by atoms with E-state index in [9.17, 15) is 4.79 Å². The van der Waals surface area contributed by atoms with Crippen LogP contribution in [0.5, 0.6) is 0 Å². The van der Waals surface area contributed by atoms with Crippen molar-refractivity contribution in [2.75, 3.05) is 23.4 Å². The van der Waals surface area contributed by atoms with Crippen molar-refractivity contribution < 1.29 is 9.53 Å². The van der Waals surface area contributed by atoms with Crippen molar-refractivity contribution in [3.63, 3.8) is 0 Å². The Hall–Kier alpha value is -3.48. The molecule has 0 aliphatic rings. The van der Waals surface area contributed by atoms with E-state index in [0.29, 0.717) is 31.9 Å². The highest BCUT2D eigenvalue weighted by atomic mass is 16.5. The predicted molar refractivity (Wildman–Crippen MR) is 122 cm³/mol. The van der Waals surface area contributed by atoms with E-state index in [1.54, 1.807) is 12.4 Å². The molecule has 0 saturated carbocycles. The van der Waals surface area contributed by atoms with Gasteiger partial charge in [-0.05, 0) is 49.2 Å². The van der Waals surface area contributed by atoms with Crippen LogP contribution in [0.4, 0.5) is 17.5 Å². The minimum atomic E-state index is -0.206. The van der Waals surface area contributed by atoms with Crippen molar-refractivity contribution in [3.8, 4) is 0 Å². The third-order valence-corrected chi connectivity index (χ3v) is 4.67. The van der Waals surface area contributed by atoms with Gasteiger partial charge >= 0.3 is 5.97 Å².